The summed E-state index contributed by atoms with van der Waals surface area (Å²) in [5, 5.41) is 0.393. The van der Waals surface area contributed by atoms with Crippen LogP contribution in [0.3, 0.4) is 0 Å². The zero-order valence-corrected chi connectivity index (χ0v) is 23.9. The molecule has 222 valence electrons. The van der Waals surface area contributed by atoms with Crippen molar-refractivity contribution in [3.05, 3.63) is 35.5 Å². The highest BCUT2D eigenvalue weighted by Gasteiger charge is 2.38. The van der Waals surface area contributed by atoms with Crippen LogP contribution in [0.2, 0.25) is 0 Å². The Bertz CT molecular complexity index is 1320. The molecule has 1 saturated heterocycles. The Kier molecular flexibility index (Phi) is 10.1. The number of hydrogen-bond acceptors (Lipinski definition) is 10. The highest BCUT2D eigenvalue weighted by molar-refractivity contribution is 6.05. The first-order valence-electron chi connectivity index (χ1n) is 13.2. The smallest absolute Gasteiger partial charge is 0.409 e. The average Bonchev–Trinajstić information content (AvgIpc) is 2.96. The first-order valence-corrected chi connectivity index (χ1v) is 13.2. The van der Waals surface area contributed by atoms with E-state index in [4.69, 9.17) is 24.7 Å². The Morgan fingerprint density at radius 1 is 1.00 bits per heavy atom. The van der Waals surface area contributed by atoms with E-state index in [0.717, 1.165) is 0 Å². The van der Waals surface area contributed by atoms with E-state index in [-0.39, 0.29) is 62.6 Å². The topological polar surface area (TPSA) is 168 Å². The van der Waals surface area contributed by atoms with E-state index < -0.39 is 41.4 Å². The molecule has 1 unspecified atom stereocenters. The number of nitrogens with zero attached hydrogens (tertiary/aromatic N) is 3. The molecule has 1 aliphatic heterocycles. The number of ether oxygens (including phenoxy) is 4. The van der Waals surface area contributed by atoms with Crippen molar-refractivity contribution in [2.75, 3.05) is 47.0 Å². The first-order chi connectivity index (χ1) is 19.4. The third-order valence-electron chi connectivity index (χ3n) is 6.76. The molecule has 0 bridgehead atoms. The molecule has 2 aromatic rings. The number of amides is 3. The highest BCUT2D eigenvalue weighted by atomic mass is 16.6. The SMILES string of the molecule is CCOC(=O)N1CCN(C(=O)C(CCC(=O)OC)c2nc3ccccc3c(OC(C)(C)C(=O)OC)c2C(N)=O)CC1. The summed E-state index contributed by atoms with van der Waals surface area (Å²) in [6.07, 6.45) is -0.662. The van der Waals surface area contributed by atoms with E-state index in [1.807, 2.05) is 0 Å². The number of carbonyl (C=O) groups is 5. The number of para-hydroxylation sites is 1. The molecule has 0 radical (unpaired) electrons. The maximum Gasteiger partial charge on any atom is 0.409 e. The fourth-order valence-corrected chi connectivity index (χ4v) is 4.62. The van der Waals surface area contributed by atoms with Crippen molar-refractivity contribution in [2.45, 2.75) is 45.1 Å². The molecule has 1 aliphatic rings. The summed E-state index contributed by atoms with van der Waals surface area (Å²) in [7, 11) is 2.44. The summed E-state index contributed by atoms with van der Waals surface area (Å²) in [5.41, 5.74) is 4.53. The number of esters is 2. The van der Waals surface area contributed by atoms with Crippen LogP contribution in [0.15, 0.2) is 24.3 Å². The Labute approximate surface area is 237 Å². The number of benzene rings is 1. The number of piperazine rings is 1. The molecule has 0 spiro atoms. The van der Waals surface area contributed by atoms with Crippen LogP contribution < -0.4 is 10.5 Å². The Morgan fingerprint density at radius 3 is 2.22 bits per heavy atom. The van der Waals surface area contributed by atoms with Crippen LogP contribution in [0.1, 0.15) is 55.6 Å². The van der Waals surface area contributed by atoms with E-state index >= 15 is 0 Å². The standard InChI is InChI=1S/C28H36N4O9/c1-6-40-27(37)32-15-13-31(14-16-32)25(35)18(11-12-20(33)38-4)22-21(24(29)34)23(41-28(2,3)26(36)39-5)17-9-7-8-10-19(17)30-22/h7-10,18H,6,11-16H2,1-5H3,(H2,29,34). The maximum atomic E-state index is 14.0. The van der Waals surface area contributed by atoms with Crippen molar-refractivity contribution in [3.8, 4) is 5.75 Å². The van der Waals surface area contributed by atoms with E-state index in [0.29, 0.717) is 10.9 Å². The van der Waals surface area contributed by atoms with Gasteiger partial charge in [0, 0.05) is 38.0 Å². The summed E-state index contributed by atoms with van der Waals surface area (Å²) in [4.78, 5) is 71.5. The molecular formula is C28H36N4O9. The minimum Gasteiger partial charge on any atom is -0.475 e. The molecule has 1 aromatic carbocycles. The summed E-state index contributed by atoms with van der Waals surface area (Å²) in [5.74, 6) is -3.74. The second-order valence-corrected chi connectivity index (χ2v) is 9.87. The van der Waals surface area contributed by atoms with Crippen molar-refractivity contribution in [3.63, 3.8) is 0 Å². The molecule has 2 heterocycles. The van der Waals surface area contributed by atoms with Gasteiger partial charge in [-0.1, -0.05) is 12.1 Å². The fourth-order valence-electron chi connectivity index (χ4n) is 4.62. The number of fused-ring (bicyclic) bond motifs is 1. The molecule has 3 amide bonds. The van der Waals surface area contributed by atoms with Crippen molar-refractivity contribution in [1.82, 2.24) is 14.8 Å². The lowest BCUT2D eigenvalue weighted by Crippen LogP contribution is -2.52. The van der Waals surface area contributed by atoms with Crippen LogP contribution in [0.5, 0.6) is 5.75 Å². The molecule has 3 rings (SSSR count). The molecule has 13 nitrogen and oxygen atoms in total. The van der Waals surface area contributed by atoms with Gasteiger partial charge in [0.25, 0.3) is 5.91 Å². The number of aromatic nitrogens is 1. The number of hydrogen-bond donors (Lipinski definition) is 1. The monoisotopic (exact) mass is 572 g/mol. The third-order valence-corrected chi connectivity index (χ3v) is 6.76. The van der Waals surface area contributed by atoms with Gasteiger partial charge in [-0.15, -0.1) is 0 Å². The molecule has 41 heavy (non-hydrogen) atoms. The average molecular weight is 573 g/mol. The van der Waals surface area contributed by atoms with Crippen LogP contribution in [0, 0.1) is 0 Å². The van der Waals surface area contributed by atoms with Crippen molar-refractivity contribution in [2.24, 2.45) is 5.73 Å². The molecule has 0 saturated carbocycles. The number of primary amides is 1. The summed E-state index contributed by atoms with van der Waals surface area (Å²) in [6.45, 7) is 5.76. The van der Waals surface area contributed by atoms with Gasteiger partial charge in [-0.05, 0) is 39.3 Å². The summed E-state index contributed by atoms with van der Waals surface area (Å²) < 4.78 is 20.8. The number of nitrogens with two attached hydrogens (primary N) is 1. The van der Waals surface area contributed by atoms with E-state index in [9.17, 15) is 24.0 Å². The maximum absolute atomic E-state index is 14.0. The van der Waals surface area contributed by atoms with Gasteiger partial charge in [-0.25, -0.2) is 9.59 Å². The molecular weight excluding hydrogens is 536 g/mol. The molecule has 2 N–H and O–H groups in total. The number of methoxy groups -OCH3 is 2. The summed E-state index contributed by atoms with van der Waals surface area (Å²) in [6, 6.07) is 6.75. The van der Waals surface area contributed by atoms with Gasteiger partial charge in [-0.3, -0.25) is 19.4 Å². The van der Waals surface area contributed by atoms with Gasteiger partial charge in [0.05, 0.1) is 38.0 Å². The van der Waals surface area contributed by atoms with Crippen LogP contribution in [0.4, 0.5) is 4.79 Å². The van der Waals surface area contributed by atoms with Crippen LogP contribution in [-0.4, -0.2) is 97.2 Å². The zero-order chi connectivity index (χ0) is 30.3. The largest absolute Gasteiger partial charge is 0.475 e. The van der Waals surface area contributed by atoms with Crippen molar-refractivity contribution < 1.29 is 42.9 Å². The van der Waals surface area contributed by atoms with Crippen molar-refractivity contribution >= 4 is 40.7 Å². The Hall–Kier alpha value is -4.42. The quantitative estimate of drug-likeness (QED) is 0.328. The summed E-state index contributed by atoms with van der Waals surface area (Å²) >= 11 is 0. The van der Waals surface area contributed by atoms with E-state index in [1.54, 1.807) is 31.2 Å². The molecule has 1 atom stereocenters. The minimum atomic E-state index is -1.53. The molecule has 1 fully saturated rings. The lowest BCUT2D eigenvalue weighted by Gasteiger charge is -2.36. The van der Waals surface area contributed by atoms with Crippen LogP contribution in [0.25, 0.3) is 10.9 Å². The molecule has 0 aliphatic carbocycles. The lowest BCUT2D eigenvalue weighted by atomic mass is 9.91. The highest BCUT2D eigenvalue weighted by Crippen LogP contribution is 2.38. The zero-order valence-electron chi connectivity index (χ0n) is 23.9. The number of rotatable bonds is 10. The van der Waals surface area contributed by atoms with Crippen molar-refractivity contribution in [1.29, 1.82) is 0 Å². The predicted molar refractivity (Wildman–Crippen MR) is 146 cm³/mol. The first kappa shape index (κ1) is 31.1. The normalized spacial score (nSPS) is 14.3. The van der Waals surface area contributed by atoms with Gasteiger partial charge in [0.15, 0.2) is 5.60 Å². The fraction of sp³-hybridized carbons (Fsp3) is 0.500. The Morgan fingerprint density at radius 2 is 1.63 bits per heavy atom. The van der Waals surface area contributed by atoms with Crippen LogP contribution in [-0.2, 0) is 28.6 Å². The molecule has 13 heteroatoms. The second-order valence-electron chi connectivity index (χ2n) is 9.87. The predicted octanol–water partition coefficient (Wildman–Crippen LogP) is 2.00. The van der Waals surface area contributed by atoms with Gasteiger partial charge < -0.3 is 34.5 Å². The lowest BCUT2D eigenvalue weighted by molar-refractivity contribution is -0.156. The van der Waals surface area contributed by atoms with E-state index in [1.165, 1.54) is 37.9 Å². The van der Waals surface area contributed by atoms with E-state index in [2.05, 4.69) is 4.98 Å². The van der Waals surface area contributed by atoms with Crippen LogP contribution >= 0.6 is 0 Å². The second kappa shape index (κ2) is 13.3. The van der Waals surface area contributed by atoms with Gasteiger partial charge in [0.1, 0.15) is 11.3 Å². The van der Waals surface area contributed by atoms with Gasteiger partial charge in [-0.2, -0.15) is 0 Å². The number of pyridine rings is 1. The number of carbonyl (C=O) groups excluding carboxylic acids is 5. The van der Waals surface area contributed by atoms with Gasteiger partial charge in [0.2, 0.25) is 5.91 Å². The van der Waals surface area contributed by atoms with Gasteiger partial charge >= 0.3 is 18.0 Å². The molecule has 1 aromatic heterocycles. The third kappa shape index (κ3) is 7.02. The minimum absolute atomic E-state index is 0.00795. The Balaban J connectivity index is 2.13.